The van der Waals surface area contributed by atoms with Gasteiger partial charge in [-0.25, -0.2) is 0 Å². The zero-order valence-corrected chi connectivity index (χ0v) is 13.1. The van der Waals surface area contributed by atoms with E-state index in [-0.39, 0.29) is 17.9 Å². The van der Waals surface area contributed by atoms with Crippen LogP contribution in [0.3, 0.4) is 0 Å². The minimum Gasteiger partial charge on any atom is -0.481 e. The van der Waals surface area contributed by atoms with Crippen molar-refractivity contribution in [2.45, 2.75) is 39.2 Å². The highest BCUT2D eigenvalue weighted by atomic mass is 32.2. The molecule has 4 atom stereocenters. The summed E-state index contributed by atoms with van der Waals surface area (Å²) in [5.41, 5.74) is 0. The number of hydrogen-bond acceptors (Lipinski definition) is 3. The van der Waals surface area contributed by atoms with E-state index >= 15 is 0 Å². The fourth-order valence-corrected chi connectivity index (χ4v) is 3.82. The molecule has 2 unspecified atom stereocenters. The topological polar surface area (TPSA) is 57.6 Å². The first kappa shape index (κ1) is 16.3. The van der Waals surface area contributed by atoms with E-state index < -0.39 is 11.9 Å². The SMILES string of the molecule is CCC(CSC)N(C)C(=O)[C@H]1CC(C)C[C@H]1C(=O)O. The average molecular weight is 287 g/mol. The maximum Gasteiger partial charge on any atom is 0.307 e. The summed E-state index contributed by atoms with van der Waals surface area (Å²) in [6, 6.07) is 0.202. The van der Waals surface area contributed by atoms with Crippen LogP contribution in [0.15, 0.2) is 0 Å². The maximum absolute atomic E-state index is 12.5. The zero-order chi connectivity index (χ0) is 14.6. The van der Waals surface area contributed by atoms with Crippen LogP contribution >= 0.6 is 11.8 Å². The first-order chi connectivity index (χ1) is 8.92. The molecular formula is C14H25NO3S. The largest absolute Gasteiger partial charge is 0.481 e. The van der Waals surface area contributed by atoms with E-state index in [4.69, 9.17) is 0 Å². The molecule has 0 spiro atoms. The zero-order valence-electron chi connectivity index (χ0n) is 12.3. The average Bonchev–Trinajstić information content (AvgIpc) is 2.76. The molecule has 0 aromatic rings. The lowest BCUT2D eigenvalue weighted by Crippen LogP contribution is -2.43. The molecule has 1 fully saturated rings. The van der Waals surface area contributed by atoms with Crippen molar-refractivity contribution < 1.29 is 14.7 Å². The summed E-state index contributed by atoms with van der Waals surface area (Å²) in [7, 11) is 1.81. The molecule has 0 saturated heterocycles. The summed E-state index contributed by atoms with van der Waals surface area (Å²) < 4.78 is 0. The van der Waals surface area contributed by atoms with Gasteiger partial charge in [0.15, 0.2) is 0 Å². The number of carbonyl (C=O) groups excluding carboxylic acids is 1. The van der Waals surface area contributed by atoms with Crippen molar-refractivity contribution >= 4 is 23.6 Å². The van der Waals surface area contributed by atoms with Crippen molar-refractivity contribution in [3.05, 3.63) is 0 Å². The van der Waals surface area contributed by atoms with Crippen LogP contribution in [0.1, 0.15) is 33.1 Å². The number of carboxylic acid groups (broad SMARTS) is 1. The lowest BCUT2D eigenvalue weighted by molar-refractivity contribution is -0.149. The third-order valence-corrected chi connectivity index (χ3v) is 4.88. The highest BCUT2D eigenvalue weighted by Gasteiger charge is 2.42. The summed E-state index contributed by atoms with van der Waals surface area (Å²) in [6.07, 6.45) is 4.26. The van der Waals surface area contributed by atoms with Crippen LogP contribution in [0.4, 0.5) is 0 Å². The van der Waals surface area contributed by atoms with Gasteiger partial charge in [-0.2, -0.15) is 11.8 Å². The first-order valence-electron chi connectivity index (χ1n) is 6.90. The second kappa shape index (κ2) is 7.17. The number of carboxylic acids is 1. The molecule has 0 bridgehead atoms. The summed E-state index contributed by atoms with van der Waals surface area (Å²) in [5, 5.41) is 9.26. The molecule has 110 valence electrons. The molecule has 0 radical (unpaired) electrons. The van der Waals surface area contributed by atoms with Gasteiger partial charge in [0.05, 0.1) is 11.8 Å². The Hall–Kier alpha value is -0.710. The molecule has 19 heavy (non-hydrogen) atoms. The Morgan fingerprint density at radius 3 is 2.42 bits per heavy atom. The normalized spacial score (nSPS) is 28.1. The summed E-state index contributed by atoms with van der Waals surface area (Å²) >= 11 is 1.72. The smallest absolute Gasteiger partial charge is 0.307 e. The quantitative estimate of drug-likeness (QED) is 0.814. The Morgan fingerprint density at radius 1 is 1.37 bits per heavy atom. The molecule has 0 heterocycles. The van der Waals surface area contributed by atoms with Crippen LogP contribution in [-0.2, 0) is 9.59 Å². The van der Waals surface area contributed by atoms with Gasteiger partial charge in [0, 0.05) is 18.8 Å². The van der Waals surface area contributed by atoms with Gasteiger partial charge >= 0.3 is 5.97 Å². The second-order valence-corrected chi connectivity index (χ2v) is 6.51. The number of nitrogens with zero attached hydrogens (tertiary/aromatic N) is 1. The van der Waals surface area contributed by atoms with Gasteiger partial charge in [0.25, 0.3) is 0 Å². The Labute approximate surface area is 119 Å². The molecule has 4 nitrogen and oxygen atoms in total. The highest BCUT2D eigenvalue weighted by molar-refractivity contribution is 7.98. The minimum atomic E-state index is -0.825. The Bertz CT molecular complexity index is 335. The van der Waals surface area contributed by atoms with Crippen molar-refractivity contribution in [1.82, 2.24) is 4.90 Å². The van der Waals surface area contributed by atoms with Gasteiger partial charge in [-0.05, 0) is 31.4 Å². The summed E-state index contributed by atoms with van der Waals surface area (Å²) in [6.45, 7) is 4.10. The van der Waals surface area contributed by atoms with Crippen molar-refractivity contribution in [3.8, 4) is 0 Å². The lowest BCUT2D eigenvalue weighted by Gasteiger charge is -2.30. The van der Waals surface area contributed by atoms with Gasteiger partial charge in [0.2, 0.25) is 5.91 Å². The number of carbonyl (C=O) groups is 2. The number of hydrogen-bond donors (Lipinski definition) is 1. The monoisotopic (exact) mass is 287 g/mol. The van der Waals surface area contributed by atoms with E-state index in [1.54, 1.807) is 16.7 Å². The molecule has 0 aromatic heterocycles. The van der Waals surface area contributed by atoms with Gasteiger partial charge in [-0.15, -0.1) is 0 Å². The van der Waals surface area contributed by atoms with Gasteiger partial charge in [-0.1, -0.05) is 13.8 Å². The van der Waals surface area contributed by atoms with Crippen molar-refractivity contribution in [2.24, 2.45) is 17.8 Å². The number of thioether (sulfide) groups is 1. The minimum absolute atomic E-state index is 0.0117. The molecule has 1 saturated carbocycles. The van der Waals surface area contributed by atoms with Gasteiger partial charge < -0.3 is 10.0 Å². The number of rotatable bonds is 6. The van der Waals surface area contributed by atoms with Crippen LogP contribution in [0.5, 0.6) is 0 Å². The van der Waals surface area contributed by atoms with Crippen molar-refractivity contribution in [1.29, 1.82) is 0 Å². The van der Waals surface area contributed by atoms with Gasteiger partial charge in [-0.3, -0.25) is 9.59 Å². The molecule has 0 aromatic carbocycles. The van der Waals surface area contributed by atoms with E-state index in [1.807, 2.05) is 20.2 Å². The van der Waals surface area contributed by atoms with Gasteiger partial charge in [0.1, 0.15) is 0 Å². The molecule has 1 aliphatic rings. The fourth-order valence-electron chi connectivity index (χ4n) is 2.97. The van der Waals surface area contributed by atoms with E-state index in [0.29, 0.717) is 18.8 Å². The molecule has 1 amide bonds. The predicted molar refractivity (Wildman–Crippen MR) is 78.2 cm³/mol. The Kier molecular flexibility index (Phi) is 6.17. The molecule has 5 heteroatoms. The summed E-state index contributed by atoms with van der Waals surface area (Å²) in [4.78, 5) is 25.6. The van der Waals surface area contributed by atoms with Crippen LogP contribution in [0.25, 0.3) is 0 Å². The van der Waals surface area contributed by atoms with Crippen molar-refractivity contribution in [2.75, 3.05) is 19.1 Å². The van der Waals surface area contributed by atoms with Crippen LogP contribution in [0.2, 0.25) is 0 Å². The maximum atomic E-state index is 12.5. The van der Waals surface area contributed by atoms with Crippen LogP contribution in [-0.4, -0.2) is 47.0 Å². The fraction of sp³-hybridized carbons (Fsp3) is 0.857. The van der Waals surface area contributed by atoms with Crippen LogP contribution in [0, 0.1) is 17.8 Å². The molecule has 1 rings (SSSR count). The highest BCUT2D eigenvalue weighted by Crippen LogP contribution is 2.37. The Balaban J connectivity index is 2.77. The number of amides is 1. The first-order valence-corrected chi connectivity index (χ1v) is 8.30. The lowest BCUT2D eigenvalue weighted by atomic mass is 9.94. The molecular weight excluding hydrogens is 262 g/mol. The third kappa shape index (κ3) is 3.88. The Morgan fingerprint density at radius 2 is 1.95 bits per heavy atom. The van der Waals surface area contributed by atoms with Crippen LogP contribution < -0.4 is 0 Å². The number of aliphatic carboxylic acids is 1. The van der Waals surface area contributed by atoms with E-state index in [2.05, 4.69) is 6.92 Å². The molecule has 1 N–H and O–H groups in total. The van der Waals surface area contributed by atoms with E-state index in [0.717, 1.165) is 12.2 Å². The third-order valence-electron chi connectivity index (χ3n) is 4.16. The molecule has 1 aliphatic carbocycles. The standard InChI is InChI=1S/C14H25NO3S/c1-5-10(8-19-4)15(3)13(16)11-6-9(2)7-12(11)14(17)18/h9-12H,5-8H2,1-4H3,(H,17,18)/t9?,10?,11-,12+/m0/s1. The van der Waals surface area contributed by atoms with E-state index in [1.165, 1.54) is 0 Å². The molecule has 0 aliphatic heterocycles. The predicted octanol–water partition coefficient (Wildman–Crippen LogP) is 2.33. The second-order valence-electron chi connectivity index (χ2n) is 5.59. The summed E-state index contributed by atoms with van der Waals surface area (Å²) in [5.74, 6) is -0.431. The van der Waals surface area contributed by atoms with Crippen molar-refractivity contribution in [3.63, 3.8) is 0 Å². The van der Waals surface area contributed by atoms with E-state index in [9.17, 15) is 14.7 Å².